The van der Waals surface area contributed by atoms with E-state index in [0.29, 0.717) is 35.4 Å². The van der Waals surface area contributed by atoms with Gasteiger partial charge >= 0.3 is 0 Å². The Kier molecular flexibility index (Phi) is 5.62. The highest BCUT2D eigenvalue weighted by Gasteiger charge is 2.25. The van der Waals surface area contributed by atoms with E-state index in [1.165, 1.54) is 12.2 Å². The number of carbonyl (C=O) groups is 1. The number of nitrogens with one attached hydrogen (secondary N) is 2. The van der Waals surface area contributed by atoms with Crippen LogP contribution in [0.15, 0.2) is 77.7 Å². The second-order valence-corrected chi connectivity index (χ2v) is 9.60. The molecule has 2 N–H and O–H groups in total. The molecule has 172 valence electrons. The Labute approximate surface area is 197 Å². The first-order valence-electron chi connectivity index (χ1n) is 10.9. The lowest BCUT2D eigenvalue weighted by Gasteiger charge is -2.20. The summed E-state index contributed by atoms with van der Waals surface area (Å²) in [6.45, 7) is 1.95. The zero-order valence-corrected chi connectivity index (χ0v) is 19.2. The molecular weight excluding hydrogens is 452 g/mol. The number of anilines is 1. The zero-order chi connectivity index (χ0) is 23.7. The highest BCUT2D eigenvalue weighted by molar-refractivity contribution is 7.96. The van der Waals surface area contributed by atoms with Crippen LogP contribution in [0.1, 0.15) is 29.3 Å². The Hall–Kier alpha value is -3.98. The van der Waals surface area contributed by atoms with Crippen molar-refractivity contribution in [1.82, 2.24) is 15.3 Å². The molecule has 2 aliphatic rings. The fourth-order valence-electron chi connectivity index (χ4n) is 3.92. The fourth-order valence-corrected chi connectivity index (χ4v) is 4.99. The van der Waals surface area contributed by atoms with Gasteiger partial charge in [0.1, 0.15) is 5.75 Å². The molecule has 8 nitrogen and oxygen atoms in total. The van der Waals surface area contributed by atoms with E-state index in [1.807, 2.05) is 37.3 Å². The molecule has 2 aromatic carbocycles. The first kappa shape index (κ1) is 21.8. The van der Waals surface area contributed by atoms with Crippen LogP contribution in [0.4, 0.5) is 5.95 Å². The van der Waals surface area contributed by atoms with Crippen LogP contribution in [-0.2, 0) is 16.4 Å². The molecule has 5 rings (SSSR count). The van der Waals surface area contributed by atoms with E-state index in [0.717, 1.165) is 5.56 Å². The van der Waals surface area contributed by atoms with Crippen LogP contribution in [0.3, 0.4) is 0 Å². The minimum Gasteiger partial charge on any atom is -0.439 e. The van der Waals surface area contributed by atoms with Gasteiger partial charge in [-0.1, -0.05) is 49.4 Å². The van der Waals surface area contributed by atoms with Crippen molar-refractivity contribution in [2.75, 3.05) is 4.72 Å². The molecule has 2 heterocycles. The molecule has 0 spiro atoms. The van der Waals surface area contributed by atoms with Crippen molar-refractivity contribution in [1.29, 1.82) is 0 Å². The van der Waals surface area contributed by atoms with Crippen molar-refractivity contribution in [3.05, 3.63) is 88.9 Å². The lowest BCUT2D eigenvalue weighted by Crippen LogP contribution is -2.35. The molecule has 1 amide bonds. The third kappa shape index (κ3) is 4.29. The van der Waals surface area contributed by atoms with Crippen molar-refractivity contribution >= 4 is 21.9 Å². The minimum absolute atomic E-state index is 0.0294. The van der Waals surface area contributed by atoms with E-state index in [2.05, 4.69) is 20.0 Å². The summed E-state index contributed by atoms with van der Waals surface area (Å²) < 4.78 is 34.9. The van der Waals surface area contributed by atoms with E-state index < -0.39 is 16.1 Å². The maximum atomic E-state index is 13.2. The Balaban J connectivity index is 1.73. The van der Waals surface area contributed by atoms with Crippen molar-refractivity contribution in [2.24, 2.45) is 0 Å². The van der Waals surface area contributed by atoms with Gasteiger partial charge in [0, 0.05) is 16.7 Å². The molecule has 0 radical (unpaired) electrons. The van der Waals surface area contributed by atoms with Gasteiger partial charge < -0.3 is 10.1 Å². The lowest BCUT2D eigenvalue weighted by atomic mass is 10.1. The van der Waals surface area contributed by atoms with Crippen molar-refractivity contribution in [3.8, 4) is 22.9 Å². The van der Waals surface area contributed by atoms with Gasteiger partial charge in [0.25, 0.3) is 15.9 Å². The number of ether oxygens (including phenoxy) is 1. The molecule has 1 aliphatic heterocycles. The number of sulfonamides is 1. The summed E-state index contributed by atoms with van der Waals surface area (Å²) in [5.41, 5.74) is 2.49. The number of benzene rings is 2. The second-order valence-electron chi connectivity index (χ2n) is 7.92. The van der Waals surface area contributed by atoms with Gasteiger partial charge in [-0.25, -0.2) is 18.1 Å². The van der Waals surface area contributed by atoms with Crippen molar-refractivity contribution in [2.45, 2.75) is 25.8 Å². The molecule has 3 aromatic rings. The van der Waals surface area contributed by atoms with Crippen LogP contribution in [0.2, 0.25) is 0 Å². The average molecular weight is 475 g/mol. The van der Waals surface area contributed by atoms with E-state index in [4.69, 9.17) is 4.74 Å². The van der Waals surface area contributed by atoms with Gasteiger partial charge in [-0.15, -0.1) is 0 Å². The molecule has 1 aliphatic carbocycles. The quantitative estimate of drug-likeness (QED) is 0.576. The molecule has 6 bridgehead atoms. The summed E-state index contributed by atoms with van der Waals surface area (Å²) in [5.74, 6) is 0.202. The highest BCUT2D eigenvalue weighted by Crippen LogP contribution is 2.33. The number of fused-ring (bicyclic) bond motifs is 5. The van der Waals surface area contributed by atoms with Gasteiger partial charge in [0.2, 0.25) is 11.8 Å². The maximum Gasteiger partial charge on any atom is 0.263 e. The van der Waals surface area contributed by atoms with Crippen molar-refractivity contribution < 1.29 is 17.9 Å². The van der Waals surface area contributed by atoms with Crippen LogP contribution in [0, 0.1) is 0 Å². The Morgan fingerprint density at radius 2 is 1.85 bits per heavy atom. The maximum absolute atomic E-state index is 13.2. The molecule has 34 heavy (non-hydrogen) atoms. The van der Waals surface area contributed by atoms with Crippen LogP contribution in [0.5, 0.6) is 11.6 Å². The molecule has 1 unspecified atom stereocenters. The number of carbonyl (C=O) groups excluding carboxylic acids is 1. The fraction of sp³-hybridized carbons (Fsp3) is 0.160. The SMILES string of the molecule is CCc1c2nc(nc1-c1ccccc1)NS(=O)(=O)C1=CC(CC=C1)NC(=O)c1cccc(c1)O2. The van der Waals surface area contributed by atoms with Crippen molar-refractivity contribution in [3.63, 3.8) is 0 Å². The average Bonchev–Trinajstić information content (AvgIpc) is 2.84. The van der Waals surface area contributed by atoms with E-state index in [9.17, 15) is 13.2 Å². The van der Waals surface area contributed by atoms with Crippen LogP contribution in [-0.4, -0.2) is 30.3 Å². The van der Waals surface area contributed by atoms with Gasteiger partial charge in [0.15, 0.2) is 0 Å². The molecular formula is C25H22N4O4S. The molecule has 9 heteroatoms. The predicted octanol–water partition coefficient (Wildman–Crippen LogP) is 4.20. The summed E-state index contributed by atoms with van der Waals surface area (Å²) in [6.07, 6.45) is 5.76. The Morgan fingerprint density at radius 3 is 2.65 bits per heavy atom. The number of hydrogen-bond donors (Lipinski definition) is 2. The summed E-state index contributed by atoms with van der Waals surface area (Å²) in [5, 5.41) is 2.86. The van der Waals surface area contributed by atoms with Crippen LogP contribution in [0.25, 0.3) is 11.3 Å². The summed E-state index contributed by atoms with van der Waals surface area (Å²) in [6, 6.07) is 15.7. The smallest absolute Gasteiger partial charge is 0.263 e. The topological polar surface area (TPSA) is 110 Å². The summed E-state index contributed by atoms with van der Waals surface area (Å²) >= 11 is 0. The predicted molar refractivity (Wildman–Crippen MR) is 129 cm³/mol. The first-order valence-corrected chi connectivity index (χ1v) is 12.4. The Morgan fingerprint density at radius 1 is 1.06 bits per heavy atom. The third-order valence-electron chi connectivity index (χ3n) is 5.57. The third-order valence-corrected chi connectivity index (χ3v) is 6.91. The van der Waals surface area contributed by atoms with E-state index >= 15 is 0 Å². The molecule has 0 saturated carbocycles. The second kappa shape index (κ2) is 8.75. The minimum atomic E-state index is -4.01. The Bertz CT molecular complexity index is 1430. The molecule has 0 saturated heterocycles. The van der Waals surface area contributed by atoms with Gasteiger partial charge in [0.05, 0.1) is 16.6 Å². The first-order chi connectivity index (χ1) is 16.4. The van der Waals surface area contributed by atoms with Gasteiger partial charge in [-0.2, -0.15) is 4.98 Å². The number of rotatable bonds is 2. The number of aromatic nitrogens is 2. The van der Waals surface area contributed by atoms with Crippen LogP contribution < -0.4 is 14.8 Å². The van der Waals surface area contributed by atoms with Gasteiger partial charge in [-0.3, -0.25) is 4.79 Å². The van der Waals surface area contributed by atoms with Gasteiger partial charge in [-0.05, 0) is 43.2 Å². The zero-order valence-electron chi connectivity index (χ0n) is 18.4. The number of allylic oxidation sites excluding steroid dienone is 1. The van der Waals surface area contributed by atoms with E-state index in [1.54, 1.807) is 30.3 Å². The number of amides is 1. The largest absolute Gasteiger partial charge is 0.439 e. The molecule has 1 atom stereocenters. The number of nitrogens with zero attached hydrogens (tertiary/aromatic N) is 2. The van der Waals surface area contributed by atoms with E-state index in [-0.39, 0.29) is 22.6 Å². The lowest BCUT2D eigenvalue weighted by molar-refractivity contribution is 0.0944. The molecule has 1 aromatic heterocycles. The number of hydrogen-bond acceptors (Lipinski definition) is 6. The summed E-state index contributed by atoms with van der Waals surface area (Å²) in [7, 11) is -4.01. The van der Waals surface area contributed by atoms with Crippen LogP contribution >= 0.6 is 0 Å². The normalized spacial score (nSPS) is 18.6. The molecule has 0 fully saturated rings. The standard InChI is InChI=1S/C25H22N4O4S/c1-2-21-22(16-8-4-3-5-9-16)27-25-28-24(21)33-19-12-6-10-17(14-19)23(30)26-18-11-7-13-20(15-18)34(31,32)29-25/h3-10,12-15,18H,2,11H2,1H3,(H,26,30)(H,27,28,29). The summed E-state index contributed by atoms with van der Waals surface area (Å²) in [4.78, 5) is 21.8. The highest BCUT2D eigenvalue weighted by atomic mass is 32.2. The monoisotopic (exact) mass is 474 g/mol.